The summed E-state index contributed by atoms with van der Waals surface area (Å²) in [5.74, 6) is -0.810. The van der Waals surface area contributed by atoms with E-state index in [4.69, 9.17) is 14.2 Å². The first-order valence-corrected chi connectivity index (χ1v) is 13.8. The molecule has 0 saturated heterocycles. The minimum absolute atomic E-state index is 0.00356. The highest BCUT2D eigenvalue weighted by molar-refractivity contribution is 7.12. The van der Waals surface area contributed by atoms with Crippen molar-refractivity contribution in [1.29, 1.82) is 0 Å². The Hall–Kier alpha value is -4.97. The van der Waals surface area contributed by atoms with Crippen LogP contribution in [-0.2, 0) is 17.4 Å². The second kappa shape index (κ2) is 11.7. The Morgan fingerprint density at radius 3 is 2.05 bits per heavy atom. The van der Waals surface area contributed by atoms with Gasteiger partial charge in [-0.15, -0.1) is 11.3 Å². The smallest absolute Gasteiger partial charge is 0.417 e. The van der Waals surface area contributed by atoms with Crippen LogP contribution in [0.15, 0.2) is 78.2 Å². The van der Waals surface area contributed by atoms with Gasteiger partial charge in [-0.3, -0.25) is 4.79 Å². The third-order valence-electron chi connectivity index (χ3n) is 6.22. The molecule has 43 heavy (non-hydrogen) atoms. The molecular weight excluding hydrogens is 587 g/mol. The zero-order chi connectivity index (χ0) is 30.9. The van der Waals surface area contributed by atoms with E-state index in [0.717, 1.165) is 22.8 Å². The lowest BCUT2D eigenvalue weighted by molar-refractivity contribution is -0.137. The second-order valence-corrected chi connectivity index (χ2v) is 10.6. The number of aliphatic carboxylic acids is 1. The summed E-state index contributed by atoms with van der Waals surface area (Å²) in [4.78, 5) is 24.2. The zero-order valence-corrected chi connectivity index (χ0v) is 23.5. The first-order valence-electron chi connectivity index (χ1n) is 12.9. The molecule has 2 N–H and O–H groups in total. The third-order valence-corrected chi connectivity index (χ3v) is 7.02. The van der Waals surface area contributed by atoms with Gasteiger partial charge in [0, 0.05) is 28.2 Å². The van der Waals surface area contributed by atoms with Crippen molar-refractivity contribution in [2.24, 2.45) is 0 Å². The molecule has 0 unspecified atom stereocenters. The number of rotatable bonds is 10. The fourth-order valence-corrected chi connectivity index (χ4v) is 5.31. The van der Waals surface area contributed by atoms with E-state index in [1.165, 1.54) is 22.8 Å². The Morgan fingerprint density at radius 1 is 0.860 bits per heavy atom. The minimum Gasteiger partial charge on any atom is -0.491 e. The minimum atomic E-state index is -4.49. The van der Waals surface area contributed by atoms with Crippen LogP contribution in [0.1, 0.15) is 35.5 Å². The van der Waals surface area contributed by atoms with Gasteiger partial charge in [0.1, 0.15) is 23.0 Å². The molecule has 0 aliphatic carbocycles. The van der Waals surface area contributed by atoms with Crippen LogP contribution in [0.5, 0.6) is 28.1 Å². The molecule has 8 nitrogen and oxygen atoms in total. The molecule has 5 rings (SSSR count). The normalized spacial score (nSPS) is 11.6. The molecule has 0 fully saturated rings. The summed E-state index contributed by atoms with van der Waals surface area (Å²) in [5, 5.41) is 21.0. The van der Waals surface area contributed by atoms with E-state index in [1.807, 2.05) is 13.8 Å². The van der Waals surface area contributed by atoms with Gasteiger partial charge in [-0.05, 0) is 80.6 Å². The van der Waals surface area contributed by atoms with Gasteiger partial charge in [-0.2, -0.15) is 13.2 Å². The lowest BCUT2D eigenvalue weighted by Crippen LogP contribution is -2.11. The number of ether oxygens (including phenoxy) is 3. The summed E-state index contributed by atoms with van der Waals surface area (Å²) in [6.07, 6.45) is -5.07. The number of aromatic carboxylic acids is 1. The first kappa shape index (κ1) is 29.5. The van der Waals surface area contributed by atoms with Crippen molar-refractivity contribution in [3.63, 3.8) is 0 Å². The summed E-state index contributed by atoms with van der Waals surface area (Å²) in [5.41, 5.74) is -0.129. The van der Waals surface area contributed by atoms with Gasteiger partial charge in [-0.1, -0.05) is 0 Å². The predicted molar refractivity (Wildman–Crippen MR) is 153 cm³/mol. The highest BCUT2D eigenvalue weighted by Crippen LogP contribution is 2.38. The Labute approximate surface area is 247 Å². The summed E-state index contributed by atoms with van der Waals surface area (Å²) in [7, 11) is 0. The topological polar surface area (TPSA) is 107 Å². The van der Waals surface area contributed by atoms with Crippen molar-refractivity contribution in [3.8, 4) is 33.7 Å². The average molecular weight is 612 g/mol. The average Bonchev–Trinajstić information content (AvgIpc) is 3.52. The van der Waals surface area contributed by atoms with Crippen LogP contribution >= 0.6 is 11.3 Å². The number of benzene rings is 3. The summed E-state index contributed by atoms with van der Waals surface area (Å²) in [6, 6.07) is 18.8. The molecule has 0 bridgehead atoms. The van der Waals surface area contributed by atoms with Gasteiger partial charge in [-0.25, -0.2) is 4.79 Å². The van der Waals surface area contributed by atoms with Gasteiger partial charge in [0.25, 0.3) is 0 Å². The van der Waals surface area contributed by atoms with E-state index in [9.17, 15) is 33.0 Å². The Morgan fingerprint density at radius 2 is 1.47 bits per heavy atom. The van der Waals surface area contributed by atoms with Crippen LogP contribution in [-0.4, -0.2) is 32.8 Å². The first-order chi connectivity index (χ1) is 20.4. The Kier molecular flexibility index (Phi) is 8.05. The molecule has 5 aromatic rings. The molecule has 2 aromatic heterocycles. The summed E-state index contributed by atoms with van der Waals surface area (Å²) in [6.45, 7) is 3.82. The van der Waals surface area contributed by atoms with Crippen molar-refractivity contribution >= 4 is 34.2 Å². The number of carboxylic acid groups (broad SMARTS) is 2. The van der Waals surface area contributed by atoms with E-state index in [1.54, 1.807) is 48.5 Å². The van der Waals surface area contributed by atoms with Crippen molar-refractivity contribution in [1.82, 2.24) is 4.57 Å². The Balaban J connectivity index is 1.50. The number of thiophene rings is 1. The van der Waals surface area contributed by atoms with Crippen molar-refractivity contribution in [2.45, 2.75) is 32.5 Å². The molecule has 12 heteroatoms. The number of halogens is 3. The number of carbonyl (C=O) groups is 2. The number of alkyl halides is 3. The number of fused-ring (bicyclic) bond motifs is 1. The van der Waals surface area contributed by atoms with E-state index < -0.39 is 30.1 Å². The van der Waals surface area contributed by atoms with E-state index in [0.29, 0.717) is 28.5 Å². The SMILES string of the molecule is CC(C)Oc1ccc(Oc2ccc3c(c2)c(C(=O)O)c(CC(=O)O)n3-c2ccc(Oc3cc(C(F)(F)F)cs3)cc2)cc1. The third kappa shape index (κ3) is 6.59. The fraction of sp³-hybridized carbons (Fsp3) is 0.161. The molecule has 222 valence electrons. The largest absolute Gasteiger partial charge is 0.491 e. The molecule has 0 spiro atoms. The van der Waals surface area contributed by atoms with E-state index in [-0.39, 0.29) is 33.6 Å². The predicted octanol–water partition coefficient (Wildman–Crippen LogP) is 8.41. The molecular formula is C31H24F3NO7S. The van der Waals surface area contributed by atoms with Crippen LogP contribution in [0.4, 0.5) is 13.2 Å². The number of aromatic nitrogens is 1. The van der Waals surface area contributed by atoms with E-state index >= 15 is 0 Å². The van der Waals surface area contributed by atoms with Gasteiger partial charge < -0.3 is 29.0 Å². The molecule has 0 radical (unpaired) electrons. The number of carboxylic acids is 2. The van der Waals surface area contributed by atoms with E-state index in [2.05, 4.69) is 0 Å². The molecule has 2 heterocycles. The highest BCUT2D eigenvalue weighted by atomic mass is 32.1. The lowest BCUT2D eigenvalue weighted by Gasteiger charge is -2.12. The van der Waals surface area contributed by atoms with Crippen LogP contribution < -0.4 is 14.2 Å². The molecule has 0 saturated carbocycles. The molecule has 3 aromatic carbocycles. The highest BCUT2D eigenvalue weighted by Gasteiger charge is 2.32. The van der Waals surface area contributed by atoms with Crippen LogP contribution in [0, 0.1) is 0 Å². The standard InChI is InChI=1S/C31H24F3NO7S/c1-17(2)40-20-7-9-21(10-8-20)41-23-11-12-25-24(14-23)29(30(38)39)26(15-27(36)37)35(25)19-3-5-22(6-4-19)42-28-13-18(16-43-28)31(32,33)34/h3-14,16-17H,15H2,1-2H3,(H,36,37)(H,38,39). The zero-order valence-electron chi connectivity index (χ0n) is 22.7. The number of nitrogens with zero attached hydrogens (tertiary/aromatic N) is 1. The van der Waals surface area contributed by atoms with Gasteiger partial charge in [0.2, 0.25) is 0 Å². The quantitative estimate of drug-likeness (QED) is 0.163. The lowest BCUT2D eigenvalue weighted by atomic mass is 10.1. The van der Waals surface area contributed by atoms with Gasteiger partial charge in [0.15, 0.2) is 5.06 Å². The van der Waals surface area contributed by atoms with Crippen LogP contribution in [0.2, 0.25) is 0 Å². The monoisotopic (exact) mass is 611 g/mol. The second-order valence-electron chi connectivity index (χ2n) is 9.70. The van der Waals surface area contributed by atoms with Gasteiger partial charge >= 0.3 is 18.1 Å². The van der Waals surface area contributed by atoms with Crippen molar-refractivity contribution in [3.05, 3.63) is 95.0 Å². The van der Waals surface area contributed by atoms with Gasteiger partial charge in [0.05, 0.1) is 29.2 Å². The van der Waals surface area contributed by atoms with Crippen LogP contribution in [0.25, 0.3) is 16.6 Å². The molecule has 0 atom stereocenters. The summed E-state index contributed by atoms with van der Waals surface area (Å²) < 4.78 is 57.5. The number of hydrogen-bond acceptors (Lipinski definition) is 6. The molecule has 0 aliphatic heterocycles. The Bertz CT molecular complexity index is 1790. The van der Waals surface area contributed by atoms with Crippen LogP contribution in [0.3, 0.4) is 0 Å². The fourth-order valence-electron chi connectivity index (χ4n) is 4.52. The molecule has 0 amide bonds. The maximum absolute atomic E-state index is 12.9. The molecule has 0 aliphatic rings. The van der Waals surface area contributed by atoms with Crippen molar-refractivity contribution in [2.75, 3.05) is 0 Å². The summed E-state index contributed by atoms with van der Waals surface area (Å²) >= 11 is 0.798. The maximum atomic E-state index is 12.9. The number of hydrogen-bond donors (Lipinski definition) is 2. The maximum Gasteiger partial charge on any atom is 0.417 e. The van der Waals surface area contributed by atoms with Crippen molar-refractivity contribution < 1.29 is 47.2 Å².